The van der Waals surface area contributed by atoms with Crippen LogP contribution in [0, 0.1) is 0 Å². The number of nitrogens with one attached hydrogen (secondary N) is 2. The Morgan fingerprint density at radius 3 is 2.61 bits per heavy atom. The summed E-state index contributed by atoms with van der Waals surface area (Å²) in [4.78, 5) is 15.9. The van der Waals surface area contributed by atoms with E-state index < -0.39 is 0 Å². The van der Waals surface area contributed by atoms with Crippen LogP contribution in [0.4, 0.5) is 0 Å². The lowest BCUT2D eigenvalue weighted by Gasteiger charge is -2.27. The zero-order chi connectivity index (χ0) is 16.8. The third-order valence-corrected chi connectivity index (χ3v) is 5.15. The van der Waals surface area contributed by atoms with E-state index in [1.807, 2.05) is 6.92 Å². The molecule has 2 rings (SSSR count). The van der Waals surface area contributed by atoms with Gasteiger partial charge in [0.1, 0.15) is 0 Å². The molecule has 0 radical (unpaired) electrons. The van der Waals surface area contributed by atoms with Crippen LogP contribution in [0.25, 0.3) is 0 Å². The first kappa shape index (κ1) is 18.3. The second-order valence-electron chi connectivity index (χ2n) is 6.36. The molecule has 1 aromatic rings. The van der Waals surface area contributed by atoms with Crippen LogP contribution in [-0.2, 0) is 11.3 Å². The van der Waals surface area contributed by atoms with Crippen molar-refractivity contribution >= 4 is 17.7 Å². The van der Waals surface area contributed by atoms with Crippen molar-refractivity contribution in [3.05, 3.63) is 29.8 Å². The highest BCUT2D eigenvalue weighted by Gasteiger charge is 2.37. The number of nitrogens with zero attached hydrogens (tertiary/aromatic N) is 1. The Labute approximate surface area is 144 Å². The summed E-state index contributed by atoms with van der Waals surface area (Å²) >= 11 is 1.76. The molecule has 4 nitrogen and oxygen atoms in total. The molecule has 1 amide bonds. The lowest BCUT2D eigenvalue weighted by molar-refractivity contribution is -0.125. The first-order chi connectivity index (χ1) is 11.0. The molecular formula is C18H29N3OS. The van der Waals surface area contributed by atoms with Gasteiger partial charge in [-0.3, -0.25) is 9.69 Å². The molecule has 1 aliphatic rings. The summed E-state index contributed by atoms with van der Waals surface area (Å²) in [6.07, 6.45) is 2.97. The van der Waals surface area contributed by atoms with Crippen LogP contribution in [0.1, 0.15) is 32.8 Å². The van der Waals surface area contributed by atoms with Crippen molar-refractivity contribution in [2.75, 3.05) is 19.3 Å². The summed E-state index contributed by atoms with van der Waals surface area (Å²) in [6, 6.07) is 9.42. The molecule has 23 heavy (non-hydrogen) atoms. The van der Waals surface area contributed by atoms with E-state index >= 15 is 0 Å². The Balaban J connectivity index is 1.91. The highest BCUT2D eigenvalue weighted by Crippen LogP contribution is 2.21. The molecule has 2 N–H and O–H groups in total. The second kappa shape index (κ2) is 8.71. The lowest BCUT2D eigenvalue weighted by Crippen LogP contribution is -2.46. The van der Waals surface area contributed by atoms with Gasteiger partial charge in [-0.25, -0.2) is 0 Å². The molecule has 0 aliphatic carbocycles. The number of hydrogen-bond acceptors (Lipinski definition) is 4. The number of likely N-dealkylation sites (N-methyl/N-ethyl adjacent to an activating group) is 1. The number of amides is 1. The van der Waals surface area contributed by atoms with Gasteiger partial charge in [0.2, 0.25) is 5.91 Å². The summed E-state index contributed by atoms with van der Waals surface area (Å²) < 4.78 is 0. The standard InChI is InChI=1S/C18H29N3OS/c1-5-19-18(22)17-10-15(12-21(17)13(2)3)20-11-14-6-8-16(23-4)9-7-14/h6-9,13,15,17,20H,5,10-12H2,1-4H3,(H,19,22)/t15-,17-/m0/s1. The molecule has 1 aliphatic heterocycles. The van der Waals surface area contributed by atoms with Crippen LogP contribution in [0.15, 0.2) is 29.2 Å². The number of carbonyl (C=O) groups is 1. The summed E-state index contributed by atoms with van der Waals surface area (Å²) in [5, 5.41) is 6.59. The van der Waals surface area contributed by atoms with E-state index in [0.29, 0.717) is 18.6 Å². The summed E-state index contributed by atoms with van der Waals surface area (Å²) in [7, 11) is 0. The van der Waals surface area contributed by atoms with E-state index in [9.17, 15) is 4.79 Å². The number of carbonyl (C=O) groups excluding carboxylic acids is 1. The van der Waals surface area contributed by atoms with Crippen LogP contribution < -0.4 is 10.6 Å². The smallest absolute Gasteiger partial charge is 0.237 e. The van der Waals surface area contributed by atoms with E-state index in [0.717, 1.165) is 19.5 Å². The minimum atomic E-state index is -0.00804. The number of rotatable bonds is 7. The van der Waals surface area contributed by atoms with Gasteiger partial charge >= 0.3 is 0 Å². The van der Waals surface area contributed by atoms with Crippen molar-refractivity contribution in [3.8, 4) is 0 Å². The van der Waals surface area contributed by atoms with Gasteiger partial charge in [0.25, 0.3) is 0 Å². The molecule has 1 aromatic carbocycles. The SMILES string of the molecule is CCNC(=O)[C@@H]1C[C@H](NCc2ccc(SC)cc2)CN1C(C)C. The van der Waals surface area contributed by atoms with Crippen molar-refractivity contribution < 1.29 is 4.79 Å². The van der Waals surface area contributed by atoms with Crippen molar-refractivity contribution in [1.82, 2.24) is 15.5 Å². The topological polar surface area (TPSA) is 44.4 Å². The Bertz CT molecular complexity index is 503. The van der Waals surface area contributed by atoms with Crippen molar-refractivity contribution in [3.63, 3.8) is 0 Å². The summed E-state index contributed by atoms with van der Waals surface area (Å²) in [6.45, 7) is 8.78. The first-order valence-electron chi connectivity index (χ1n) is 8.45. The molecule has 1 fully saturated rings. The van der Waals surface area contributed by atoms with E-state index in [1.54, 1.807) is 11.8 Å². The molecule has 2 atom stereocenters. The van der Waals surface area contributed by atoms with Crippen LogP contribution in [0.2, 0.25) is 0 Å². The zero-order valence-corrected chi connectivity index (χ0v) is 15.5. The Kier molecular flexibility index (Phi) is 6.93. The average molecular weight is 336 g/mol. The second-order valence-corrected chi connectivity index (χ2v) is 7.24. The largest absolute Gasteiger partial charge is 0.355 e. The molecule has 5 heteroatoms. The van der Waals surface area contributed by atoms with Gasteiger partial charge in [-0.15, -0.1) is 11.8 Å². The third-order valence-electron chi connectivity index (χ3n) is 4.41. The predicted molar refractivity (Wildman–Crippen MR) is 97.8 cm³/mol. The number of benzene rings is 1. The van der Waals surface area contributed by atoms with Gasteiger partial charge in [0, 0.05) is 36.6 Å². The van der Waals surface area contributed by atoms with Gasteiger partial charge in [-0.2, -0.15) is 0 Å². The lowest BCUT2D eigenvalue weighted by atomic mass is 10.1. The van der Waals surface area contributed by atoms with Crippen LogP contribution in [0.3, 0.4) is 0 Å². The van der Waals surface area contributed by atoms with Gasteiger partial charge in [-0.1, -0.05) is 12.1 Å². The molecule has 0 bridgehead atoms. The van der Waals surface area contributed by atoms with Crippen LogP contribution in [-0.4, -0.2) is 48.3 Å². The quantitative estimate of drug-likeness (QED) is 0.752. The zero-order valence-electron chi connectivity index (χ0n) is 14.6. The molecular weight excluding hydrogens is 306 g/mol. The number of hydrogen-bond donors (Lipinski definition) is 2. The Morgan fingerprint density at radius 2 is 2.04 bits per heavy atom. The van der Waals surface area contributed by atoms with Crippen molar-refractivity contribution in [2.24, 2.45) is 0 Å². The van der Waals surface area contributed by atoms with Crippen LogP contribution >= 0.6 is 11.8 Å². The number of thioether (sulfide) groups is 1. The maximum absolute atomic E-state index is 12.3. The average Bonchev–Trinajstić information content (AvgIpc) is 2.98. The molecule has 1 saturated heterocycles. The van der Waals surface area contributed by atoms with Gasteiger partial charge in [0.15, 0.2) is 0 Å². The molecule has 0 unspecified atom stereocenters. The minimum Gasteiger partial charge on any atom is -0.355 e. The highest BCUT2D eigenvalue weighted by molar-refractivity contribution is 7.98. The third kappa shape index (κ3) is 4.96. The normalized spacial score (nSPS) is 21.8. The first-order valence-corrected chi connectivity index (χ1v) is 9.67. The minimum absolute atomic E-state index is 0.00804. The fourth-order valence-electron chi connectivity index (χ4n) is 3.14. The monoisotopic (exact) mass is 335 g/mol. The Morgan fingerprint density at radius 1 is 1.35 bits per heavy atom. The van der Waals surface area contributed by atoms with E-state index in [1.165, 1.54) is 10.5 Å². The van der Waals surface area contributed by atoms with Crippen molar-refractivity contribution in [2.45, 2.75) is 56.8 Å². The van der Waals surface area contributed by atoms with Gasteiger partial charge in [-0.05, 0) is 51.1 Å². The summed E-state index contributed by atoms with van der Waals surface area (Å²) in [5.74, 6) is 0.162. The Hall–Kier alpha value is -1.04. The molecule has 1 heterocycles. The van der Waals surface area contributed by atoms with E-state index in [4.69, 9.17) is 0 Å². The molecule has 0 spiro atoms. The van der Waals surface area contributed by atoms with Gasteiger partial charge in [0.05, 0.1) is 6.04 Å². The van der Waals surface area contributed by atoms with Gasteiger partial charge < -0.3 is 10.6 Å². The molecule has 0 saturated carbocycles. The molecule has 0 aromatic heterocycles. The van der Waals surface area contributed by atoms with E-state index in [-0.39, 0.29) is 11.9 Å². The fourth-order valence-corrected chi connectivity index (χ4v) is 3.54. The number of likely N-dealkylation sites (tertiary alicyclic amines) is 1. The predicted octanol–water partition coefficient (Wildman–Crippen LogP) is 2.49. The van der Waals surface area contributed by atoms with E-state index in [2.05, 4.69) is 59.9 Å². The highest BCUT2D eigenvalue weighted by atomic mass is 32.2. The molecule has 128 valence electrons. The maximum atomic E-state index is 12.3. The van der Waals surface area contributed by atoms with Crippen molar-refractivity contribution in [1.29, 1.82) is 0 Å². The summed E-state index contributed by atoms with van der Waals surface area (Å²) in [5.41, 5.74) is 1.29. The van der Waals surface area contributed by atoms with Crippen LogP contribution in [0.5, 0.6) is 0 Å². The maximum Gasteiger partial charge on any atom is 0.237 e. The fraction of sp³-hybridized carbons (Fsp3) is 0.611.